The molecule has 0 spiro atoms. The van der Waals surface area contributed by atoms with Gasteiger partial charge in [-0.1, -0.05) is 12.1 Å². The topological polar surface area (TPSA) is 88.4 Å². The van der Waals surface area contributed by atoms with E-state index < -0.39 is 27.7 Å². The van der Waals surface area contributed by atoms with Crippen molar-refractivity contribution in [2.45, 2.75) is 17.6 Å². The Hall–Kier alpha value is -3.27. The highest BCUT2D eigenvalue weighted by atomic mass is 32.2. The molecule has 0 bridgehead atoms. The Morgan fingerprint density at radius 2 is 1.76 bits per heavy atom. The van der Waals surface area contributed by atoms with Crippen LogP contribution in [0.1, 0.15) is 21.7 Å². The normalized spacial score (nSPS) is 11.8. The van der Waals surface area contributed by atoms with Gasteiger partial charge in [0.1, 0.15) is 5.76 Å². The second-order valence-electron chi connectivity index (χ2n) is 5.97. The van der Waals surface area contributed by atoms with Crippen molar-refractivity contribution in [1.82, 2.24) is 5.32 Å². The number of hydrogen-bond acceptors (Lipinski definition) is 4. The summed E-state index contributed by atoms with van der Waals surface area (Å²) in [5.74, 6) is -0.00846. The number of hydrogen-bond donors (Lipinski definition) is 2. The zero-order chi connectivity index (χ0) is 21.1. The van der Waals surface area contributed by atoms with E-state index in [4.69, 9.17) is 4.42 Å². The first-order valence-corrected chi connectivity index (χ1v) is 9.74. The summed E-state index contributed by atoms with van der Waals surface area (Å²) in [6.07, 6.45) is -3.15. The van der Waals surface area contributed by atoms with Crippen LogP contribution >= 0.6 is 0 Å². The largest absolute Gasteiger partial charge is 0.467 e. The van der Waals surface area contributed by atoms with E-state index in [1.165, 1.54) is 30.5 Å². The quantitative estimate of drug-likeness (QED) is 0.625. The molecule has 0 fully saturated rings. The van der Waals surface area contributed by atoms with E-state index in [-0.39, 0.29) is 22.7 Å². The summed E-state index contributed by atoms with van der Waals surface area (Å²) in [5.41, 5.74) is -1.15. The van der Waals surface area contributed by atoms with Crippen LogP contribution in [0.2, 0.25) is 0 Å². The van der Waals surface area contributed by atoms with Crippen molar-refractivity contribution in [2.75, 3.05) is 4.72 Å². The number of nitrogens with one attached hydrogen (secondary N) is 2. The zero-order valence-electron chi connectivity index (χ0n) is 14.7. The number of rotatable bonds is 6. The van der Waals surface area contributed by atoms with E-state index in [0.29, 0.717) is 11.8 Å². The molecule has 3 aromatic rings. The lowest BCUT2D eigenvalue weighted by molar-refractivity contribution is -0.137. The molecule has 6 nitrogen and oxygen atoms in total. The van der Waals surface area contributed by atoms with Crippen molar-refractivity contribution in [1.29, 1.82) is 0 Å². The molecule has 29 heavy (non-hydrogen) atoms. The van der Waals surface area contributed by atoms with E-state index in [1.807, 2.05) is 0 Å². The van der Waals surface area contributed by atoms with Gasteiger partial charge >= 0.3 is 6.18 Å². The van der Waals surface area contributed by atoms with E-state index in [0.717, 1.165) is 18.2 Å². The van der Waals surface area contributed by atoms with Crippen molar-refractivity contribution >= 4 is 21.6 Å². The summed E-state index contributed by atoms with van der Waals surface area (Å²) in [6, 6.07) is 12.3. The second kappa shape index (κ2) is 8.00. The molecule has 1 aromatic heterocycles. The van der Waals surface area contributed by atoms with Crippen LogP contribution in [-0.4, -0.2) is 14.3 Å². The molecule has 10 heteroatoms. The van der Waals surface area contributed by atoms with Gasteiger partial charge < -0.3 is 9.73 Å². The van der Waals surface area contributed by atoms with Gasteiger partial charge in [0.05, 0.1) is 23.3 Å². The Kier molecular flexibility index (Phi) is 5.64. The Morgan fingerprint density at radius 3 is 2.45 bits per heavy atom. The molecule has 0 aliphatic heterocycles. The fourth-order valence-corrected chi connectivity index (χ4v) is 3.56. The highest BCUT2D eigenvalue weighted by Crippen LogP contribution is 2.31. The van der Waals surface area contributed by atoms with Gasteiger partial charge in [-0.05, 0) is 48.5 Å². The van der Waals surface area contributed by atoms with Gasteiger partial charge in [0.25, 0.3) is 15.9 Å². The number of halogens is 3. The first-order chi connectivity index (χ1) is 13.6. The number of furan rings is 1. The van der Waals surface area contributed by atoms with Gasteiger partial charge in [-0.25, -0.2) is 8.42 Å². The van der Waals surface area contributed by atoms with Gasteiger partial charge in [0.2, 0.25) is 0 Å². The molecule has 0 aliphatic rings. The standard InChI is InChI=1S/C19H15F3N2O4S/c20-19(21,22)14-5-2-6-15(11-14)24-29(26,27)17-8-1-4-13(10-17)18(25)23-12-16-7-3-9-28-16/h1-11,24H,12H2,(H,23,25). The van der Waals surface area contributed by atoms with Gasteiger partial charge in [0, 0.05) is 11.3 Å². The first-order valence-electron chi connectivity index (χ1n) is 8.26. The second-order valence-corrected chi connectivity index (χ2v) is 7.66. The Labute approximate surface area is 164 Å². The molecule has 2 N–H and O–H groups in total. The van der Waals surface area contributed by atoms with Crippen LogP contribution in [0.5, 0.6) is 0 Å². The lowest BCUT2D eigenvalue weighted by atomic mass is 10.2. The summed E-state index contributed by atoms with van der Waals surface area (Å²) >= 11 is 0. The number of sulfonamides is 1. The van der Waals surface area contributed by atoms with E-state index in [9.17, 15) is 26.4 Å². The molecular weight excluding hydrogens is 409 g/mol. The van der Waals surface area contributed by atoms with Crippen LogP contribution in [0.15, 0.2) is 76.2 Å². The Morgan fingerprint density at radius 1 is 1.00 bits per heavy atom. The number of amides is 1. The van der Waals surface area contributed by atoms with E-state index >= 15 is 0 Å². The molecule has 0 radical (unpaired) electrons. The van der Waals surface area contributed by atoms with Crippen LogP contribution in [0.4, 0.5) is 18.9 Å². The maximum absolute atomic E-state index is 12.8. The predicted molar refractivity (Wildman–Crippen MR) is 98.6 cm³/mol. The molecule has 1 amide bonds. The van der Waals surface area contributed by atoms with Crippen molar-refractivity contribution in [3.05, 3.63) is 83.8 Å². The van der Waals surface area contributed by atoms with Crippen molar-refractivity contribution in [3.63, 3.8) is 0 Å². The molecule has 1 heterocycles. The number of carbonyl (C=O) groups is 1. The van der Waals surface area contributed by atoms with Crippen LogP contribution in [-0.2, 0) is 22.7 Å². The maximum Gasteiger partial charge on any atom is 0.416 e. The zero-order valence-corrected chi connectivity index (χ0v) is 15.5. The van der Waals surface area contributed by atoms with Crippen LogP contribution < -0.4 is 10.0 Å². The average molecular weight is 424 g/mol. The summed E-state index contributed by atoms with van der Waals surface area (Å²) in [6.45, 7) is 0.116. The Bertz CT molecular complexity index is 1110. The number of benzene rings is 2. The highest BCUT2D eigenvalue weighted by molar-refractivity contribution is 7.92. The van der Waals surface area contributed by atoms with Crippen molar-refractivity contribution in [2.24, 2.45) is 0 Å². The molecule has 0 atom stereocenters. The third kappa shape index (κ3) is 5.17. The van der Waals surface area contributed by atoms with Crippen molar-refractivity contribution in [3.8, 4) is 0 Å². The number of alkyl halides is 3. The number of anilines is 1. The summed E-state index contributed by atoms with van der Waals surface area (Å²) in [4.78, 5) is 12.0. The molecular formula is C19H15F3N2O4S. The third-order valence-electron chi connectivity index (χ3n) is 3.85. The van der Waals surface area contributed by atoms with Crippen LogP contribution in [0.3, 0.4) is 0 Å². The lowest BCUT2D eigenvalue weighted by Crippen LogP contribution is -2.23. The Balaban J connectivity index is 1.77. The minimum absolute atomic E-state index is 0.0727. The number of carbonyl (C=O) groups excluding carboxylic acids is 1. The van der Waals surface area contributed by atoms with Gasteiger partial charge in [-0.15, -0.1) is 0 Å². The summed E-state index contributed by atoms with van der Waals surface area (Å²) < 4.78 is 70.7. The van der Waals surface area contributed by atoms with Crippen molar-refractivity contribution < 1.29 is 30.8 Å². The van der Waals surface area contributed by atoms with Crippen LogP contribution in [0, 0.1) is 0 Å². The predicted octanol–water partition coefficient (Wildman–Crippen LogP) is 4.03. The van der Waals surface area contributed by atoms with Gasteiger partial charge in [-0.3, -0.25) is 9.52 Å². The molecule has 2 aromatic carbocycles. The SMILES string of the molecule is O=C(NCc1ccco1)c1cccc(S(=O)(=O)Nc2cccc(C(F)(F)F)c2)c1. The molecule has 0 aliphatic carbocycles. The maximum atomic E-state index is 12.8. The van der Waals surface area contributed by atoms with Crippen LogP contribution in [0.25, 0.3) is 0 Å². The molecule has 0 saturated heterocycles. The molecule has 0 unspecified atom stereocenters. The molecule has 0 saturated carbocycles. The average Bonchev–Trinajstić information content (AvgIpc) is 3.19. The molecule has 152 valence electrons. The third-order valence-corrected chi connectivity index (χ3v) is 5.23. The monoisotopic (exact) mass is 424 g/mol. The summed E-state index contributed by atoms with van der Waals surface area (Å²) in [7, 11) is -4.21. The lowest BCUT2D eigenvalue weighted by Gasteiger charge is -2.12. The smallest absolute Gasteiger partial charge is 0.416 e. The van der Waals surface area contributed by atoms with E-state index in [2.05, 4.69) is 10.0 Å². The summed E-state index contributed by atoms with van der Waals surface area (Å²) in [5, 5.41) is 2.58. The minimum atomic E-state index is -4.60. The minimum Gasteiger partial charge on any atom is -0.467 e. The van der Waals surface area contributed by atoms with E-state index in [1.54, 1.807) is 12.1 Å². The van der Waals surface area contributed by atoms with Gasteiger partial charge in [0.15, 0.2) is 0 Å². The first kappa shape index (κ1) is 20.5. The van der Waals surface area contributed by atoms with Gasteiger partial charge in [-0.2, -0.15) is 13.2 Å². The fraction of sp³-hybridized carbons (Fsp3) is 0.105. The highest BCUT2D eigenvalue weighted by Gasteiger charge is 2.30. The molecule has 3 rings (SSSR count). The fourth-order valence-electron chi connectivity index (χ4n) is 2.46.